The van der Waals surface area contributed by atoms with Crippen LogP contribution in [-0.4, -0.2) is 55.7 Å². The van der Waals surface area contributed by atoms with Crippen LogP contribution in [0.15, 0.2) is 4.99 Å². The Balaban J connectivity index is 1.66. The Morgan fingerprint density at radius 1 is 1.19 bits per heavy atom. The molecule has 1 aliphatic heterocycles. The summed E-state index contributed by atoms with van der Waals surface area (Å²) in [5.74, 6) is 0.626. The smallest absolute Gasteiger partial charge is 0.224 e. The Morgan fingerprint density at radius 2 is 1.86 bits per heavy atom. The van der Waals surface area contributed by atoms with Gasteiger partial charge >= 0.3 is 0 Å². The average molecular weight is 296 g/mol. The van der Waals surface area contributed by atoms with Crippen molar-refractivity contribution < 1.29 is 9.53 Å². The van der Waals surface area contributed by atoms with E-state index >= 15 is 0 Å². The van der Waals surface area contributed by atoms with E-state index in [4.69, 9.17) is 10.5 Å². The van der Waals surface area contributed by atoms with Crippen molar-refractivity contribution in [3.05, 3.63) is 0 Å². The fourth-order valence-corrected chi connectivity index (χ4v) is 2.92. The molecule has 1 saturated carbocycles. The molecule has 2 rings (SSSR count). The molecule has 1 amide bonds. The summed E-state index contributed by atoms with van der Waals surface area (Å²) in [5, 5.41) is 3.29. The molecule has 6 heteroatoms. The maximum atomic E-state index is 12.0. The quantitative estimate of drug-likeness (QED) is 0.458. The molecule has 120 valence electrons. The van der Waals surface area contributed by atoms with Gasteiger partial charge in [0, 0.05) is 25.6 Å². The van der Waals surface area contributed by atoms with Crippen molar-refractivity contribution in [2.75, 3.05) is 32.8 Å². The minimum absolute atomic E-state index is 0.143. The van der Waals surface area contributed by atoms with Gasteiger partial charge in [-0.25, -0.2) is 0 Å². The lowest BCUT2D eigenvalue weighted by Gasteiger charge is -2.26. The normalized spacial score (nSPS) is 21.9. The average Bonchev–Trinajstić information content (AvgIpc) is 2.76. The zero-order valence-electron chi connectivity index (χ0n) is 12.9. The van der Waals surface area contributed by atoms with Gasteiger partial charge in [0.1, 0.15) is 0 Å². The maximum absolute atomic E-state index is 12.0. The van der Waals surface area contributed by atoms with Gasteiger partial charge in [-0.05, 0) is 12.8 Å². The van der Waals surface area contributed by atoms with Crippen molar-refractivity contribution in [2.45, 2.75) is 51.0 Å². The van der Waals surface area contributed by atoms with Crippen LogP contribution in [0.1, 0.15) is 44.9 Å². The van der Waals surface area contributed by atoms with Crippen LogP contribution in [0, 0.1) is 0 Å². The van der Waals surface area contributed by atoms with E-state index < -0.39 is 0 Å². The van der Waals surface area contributed by atoms with Crippen LogP contribution in [0.2, 0.25) is 0 Å². The van der Waals surface area contributed by atoms with E-state index in [1.165, 1.54) is 38.5 Å². The minimum Gasteiger partial charge on any atom is -0.378 e. The van der Waals surface area contributed by atoms with Crippen LogP contribution in [0.5, 0.6) is 0 Å². The van der Waals surface area contributed by atoms with Gasteiger partial charge in [-0.15, -0.1) is 0 Å². The van der Waals surface area contributed by atoms with E-state index in [1.54, 1.807) is 0 Å². The highest BCUT2D eigenvalue weighted by molar-refractivity contribution is 5.79. The first-order valence-electron chi connectivity index (χ1n) is 8.17. The molecule has 1 aliphatic carbocycles. The number of amides is 1. The molecule has 0 aromatic carbocycles. The first-order chi connectivity index (χ1) is 10.3. The summed E-state index contributed by atoms with van der Waals surface area (Å²) in [4.78, 5) is 18.1. The zero-order valence-corrected chi connectivity index (χ0v) is 12.9. The third-order valence-electron chi connectivity index (χ3n) is 4.18. The highest BCUT2D eigenvalue weighted by Gasteiger charge is 2.16. The van der Waals surface area contributed by atoms with Gasteiger partial charge < -0.3 is 20.7 Å². The molecule has 2 fully saturated rings. The molecular weight excluding hydrogens is 268 g/mol. The van der Waals surface area contributed by atoms with Gasteiger partial charge in [-0.3, -0.25) is 9.79 Å². The van der Waals surface area contributed by atoms with Gasteiger partial charge in [0.2, 0.25) is 5.91 Å². The number of rotatable bonds is 4. The van der Waals surface area contributed by atoms with Crippen molar-refractivity contribution in [2.24, 2.45) is 10.7 Å². The van der Waals surface area contributed by atoms with Crippen molar-refractivity contribution in [3.63, 3.8) is 0 Å². The van der Waals surface area contributed by atoms with E-state index in [2.05, 4.69) is 10.3 Å². The lowest BCUT2D eigenvalue weighted by Crippen LogP contribution is -2.41. The van der Waals surface area contributed by atoms with Gasteiger partial charge in [-0.2, -0.15) is 0 Å². The molecule has 0 aromatic heterocycles. The molecule has 2 aliphatic rings. The summed E-state index contributed by atoms with van der Waals surface area (Å²) >= 11 is 0. The lowest BCUT2D eigenvalue weighted by molar-refractivity contribution is -0.135. The summed E-state index contributed by atoms with van der Waals surface area (Å²) in [7, 11) is 0. The van der Waals surface area contributed by atoms with Crippen LogP contribution < -0.4 is 11.1 Å². The van der Waals surface area contributed by atoms with Crippen molar-refractivity contribution >= 4 is 11.9 Å². The third-order valence-corrected chi connectivity index (χ3v) is 4.18. The Hall–Kier alpha value is -1.30. The molecule has 0 spiro atoms. The fourth-order valence-electron chi connectivity index (χ4n) is 2.92. The monoisotopic (exact) mass is 296 g/mol. The standard InChI is InChI=1S/C15H28N4O2/c16-15(18-13-5-3-1-2-4-6-13)17-8-7-14(20)19-9-11-21-12-10-19/h13H,1-12H2,(H3,16,17,18). The predicted octanol–water partition coefficient (Wildman–Crippen LogP) is 0.862. The maximum Gasteiger partial charge on any atom is 0.224 e. The second-order valence-electron chi connectivity index (χ2n) is 5.84. The number of hydrogen-bond donors (Lipinski definition) is 2. The molecule has 3 N–H and O–H groups in total. The highest BCUT2D eigenvalue weighted by Crippen LogP contribution is 2.16. The number of nitrogens with zero attached hydrogens (tertiary/aromatic N) is 2. The van der Waals surface area contributed by atoms with Gasteiger partial charge in [-0.1, -0.05) is 25.7 Å². The molecule has 0 bridgehead atoms. The number of guanidine groups is 1. The minimum atomic E-state index is 0.143. The molecule has 0 radical (unpaired) electrons. The van der Waals surface area contributed by atoms with Crippen molar-refractivity contribution in [1.82, 2.24) is 10.2 Å². The van der Waals surface area contributed by atoms with Crippen LogP contribution >= 0.6 is 0 Å². The fraction of sp³-hybridized carbons (Fsp3) is 0.867. The molecule has 6 nitrogen and oxygen atoms in total. The van der Waals surface area contributed by atoms with E-state index in [0.717, 1.165) is 0 Å². The Labute approximate surface area is 127 Å². The van der Waals surface area contributed by atoms with Crippen molar-refractivity contribution in [1.29, 1.82) is 0 Å². The van der Waals surface area contributed by atoms with Gasteiger partial charge in [0.05, 0.1) is 19.8 Å². The summed E-state index contributed by atoms with van der Waals surface area (Å²) in [5.41, 5.74) is 5.91. The van der Waals surface area contributed by atoms with Gasteiger partial charge in [0.25, 0.3) is 0 Å². The molecule has 1 heterocycles. The second kappa shape index (κ2) is 8.87. The van der Waals surface area contributed by atoms with Gasteiger partial charge in [0.15, 0.2) is 5.96 Å². The molecular formula is C15H28N4O2. The van der Waals surface area contributed by atoms with Crippen LogP contribution in [-0.2, 0) is 9.53 Å². The third kappa shape index (κ3) is 5.91. The molecule has 21 heavy (non-hydrogen) atoms. The number of nitrogens with one attached hydrogen (secondary N) is 1. The van der Waals surface area contributed by atoms with E-state index in [-0.39, 0.29) is 5.91 Å². The topological polar surface area (TPSA) is 80.0 Å². The SMILES string of the molecule is NC(=NCCC(=O)N1CCOCC1)NC1CCCCCC1. The first kappa shape index (κ1) is 16.1. The molecule has 0 unspecified atom stereocenters. The highest BCUT2D eigenvalue weighted by atomic mass is 16.5. The number of aliphatic imine (C=N–C) groups is 1. The van der Waals surface area contributed by atoms with E-state index in [0.29, 0.717) is 51.3 Å². The molecule has 1 saturated heterocycles. The van der Waals surface area contributed by atoms with E-state index in [9.17, 15) is 4.79 Å². The second-order valence-corrected chi connectivity index (χ2v) is 5.84. The summed E-state index contributed by atoms with van der Waals surface area (Å²) in [6.45, 7) is 3.12. The Morgan fingerprint density at radius 3 is 2.52 bits per heavy atom. The Bertz CT molecular complexity index is 346. The number of ether oxygens (including phenoxy) is 1. The Kier molecular flexibility index (Phi) is 6.79. The predicted molar refractivity (Wildman–Crippen MR) is 83.1 cm³/mol. The zero-order chi connectivity index (χ0) is 14.9. The first-order valence-corrected chi connectivity index (χ1v) is 8.17. The lowest BCUT2D eigenvalue weighted by atomic mass is 10.1. The van der Waals surface area contributed by atoms with Crippen LogP contribution in [0.4, 0.5) is 0 Å². The number of carbonyl (C=O) groups excluding carboxylic acids is 1. The van der Waals surface area contributed by atoms with Crippen LogP contribution in [0.3, 0.4) is 0 Å². The van der Waals surface area contributed by atoms with Crippen molar-refractivity contribution in [3.8, 4) is 0 Å². The van der Waals surface area contributed by atoms with E-state index in [1.807, 2.05) is 4.90 Å². The number of hydrogen-bond acceptors (Lipinski definition) is 3. The molecule has 0 atom stereocenters. The summed E-state index contributed by atoms with van der Waals surface area (Å²) in [6, 6.07) is 0.450. The summed E-state index contributed by atoms with van der Waals surface area (Å²) < 4.78 is 5.24. The van der Waals surface area contributed by atoms with Crippen LogP contribution in [0.25, 0.3) is 0 Å². The summed E-state index contributed by atoms with van der Waals surface area (Å²) in [6.07, 6.45) is 7.94. The number of nitrogens with two attached hydrogens (primary N) is 1. The largest absolute Gasteiger partial charge is 0.378 e. The molecule has 0 aromatic rings. The number of morpholine rings is 1. The number of carbonyl (C=O) groups is 1.